The van der Waals surface area contributed by atoms with Crippen molar-refractivity contribution in [1.82, 2.24) is 4.98 Å². The van der Waals surface area contributed by atoms with Crippen molar-refractivity contribution in [3.05, 3.63) is 70.7 Å². The third-order valence-corrected chi connectivity index (χ3v) is 3.98. The van der Waals surface area contributed by atoms with Gasteiger partial charge in [0.2, 0.25) is 0 Å². The molecule has 1 aromatic heterocycles. The number of fused-ring (bicyclic) bond motifs is 1. The number of aromatic nitrogens is 1. The quantitative estimate of drug-likeness (QED) is 0.696. The second-order valence-electron chi connectivity index (χ2n) is 4.93. The van der Waals surface area contributed by atoms with E-state index in [4.69, 9.17) is 0 Å². The van der Waals surface area contributed by atoms with Crippen LogP contribution in [-0.4, -0.2) is 4.98 Å². The molecule has 0 aliphatic carbocycles. The smallest absolute Gasteiger partial charge is 0.129 e. The minimum absolute atomic E-state index is 0.128. The topological polar surface area (TPSA) is 24.9 Å². The Hall–Kier alpha value is -1.94. The summed E-state index contributed by atoms with van der Waals surface area (Å²) in [7, 11) is 0. The molecule has 1 atom stereocenters. The van der Waals surface area contributed by atoms with Gasteiger partial charge in [0, 0.05) is 38.9 Å². The summed E-state index contributed by atoms with van der Waals surface area (Å²) in [6.07, 6.45) is 3.59. The van der Waals surface area contributed by atoms with Crippen LogP contribution in [0.15, 0.2) is 59.3 Å². The maximum Gasteiger partial charge on any atom is 0.129 e. The molecule has 0 radical (unpaired) electrons. The summed E-state index contributed by atoms with van der Waals surface area (Å²) >= 11 is 3.28. The zero-order chi connectivity index (χ0) is 14.8. The summed E-state index contributed by atoms with van der Waals surface area (Å²) in [5.74, 6) is -0.216. The standard InChI is InChI=1S/C17H14BrFN2/c1-11(14-6-5-13(18)9-16(14)19)21-17-4-2-3-12-10-20-8-7-15(12)17/h2-11,21H,1H3. The number of hydrogen-bond donors (Lipinski definition) is 1. The molecule has 0 aliphatic rings. The van der Waals surface area contributed by atoms with E-state index >= 15 is 0 Å². The van der Waals surface area contributed by atoms with Gasteiger partial charge in [-0.3, -0.25) is 4.98 Å². The summed E-state index contributed by atoms with van der Waals surface area (Å²) < 4.78 is 14.8. The lowest BCUT2D eigenvalue weighted by Crippen LogP contribution is -2.09. The highest BCUT2D eigenvalue weighted by molar-refractivity contribution is 9.10. The normalized spacial score (nSPS) is 12.3. The van der Waals surface area contributed by atoms with Crippen LogP contribution in [0.25, 0.3) is 10.8 Å². The van der Waals surface area contributed by atoms with Crippen LogP contribution in [0.4, 0.5) is 10.1 Å². The summed E-state index contributed by atoms with van der Waals surface area (Å²) in [5.41, 5.74) is 1.62. The second kappa shape index (κ2) is 5.82. The molecule has 0 spiro atoms. The van der Waals surface area contributed by atoms with Gasteiger partial charge in [-0.05, 0) is 31.2 Å². The zero-order valence-corrected chi connectivity index (χ0v) is 13.1. The number of halogens is 2. The van der Waals surface area contributed by atoms with Gasteiger partial charge < -0.3 is 5.32 Å². The molecular weight excluding hydrogens is 331 g/mol. The predicted octanol–water partition coefficient (Wildman–Crippen LogP) is 5.31. The Kier molecular flexibility index (Phi) is 3.88. The first-order valence-corrected chi connectivity index (χ1v) is 7.48. The van der Waals surface area contributed by atoms with Crippen molar-refractivity contribution in [2.45, 2.75) is 13.0 Å². The molecule has 0 amide bonds. The van der Waals surface area contributed by atoms with Gasteiger partial charge in [0.05, 0.1) is 6.04 Å². The molecule has 21 heavy (non-hydrogen) atoms. The highest BCUT2D eigenvalue weighted by Gasteiger charge is 2.12. The largest absolute Gasteiger partial charge is 0.378 e. The fraction of sp³-hybridized carbons (Fsp3) is 0.118. The number of nitrogens with zero attached hydrogens (tertiary/aromatic N) is 1. The van der Waals surface area contributed by atoms with Crippen molar-refractivity contribution >= 4 is 32.4 Å². The third kappa shape index (κ3) is 2.90. The van der Waals surface area contributed by atoms with E-state index in [0.29, 0.717) is 5.56 Å². The van der Waals surface area contributed by atoms with Gasteiger partial charge in [-0.15, -0.1) is 0 Å². The van der Waals surface area contributed by atoms with Crippen molar-refractivity contribution in [1.29, 1.82) is 0 Å². The first-order valence-electron chi connectivity index (χ1n) is 6.69. The Bertz CT molecular complexity index is 783. The Morgan fingerprint density at radius 3 is 2.86 bits per heavy atom. The number of pyridine rings is 1. The van der Waals surface area contributed by atoms with Crippen molar-refractivity contribution in [3.8, 4) is 0 Å². The van der Waals surface area contributed by atoms with Gasteiger partial charge in [-0.1, -0.05) is 34.1 Å². The lowest BCUT2D eigenvalue weighted by molar-refractivity contribution is 0.599. The fourth-order valence-electron chi connectivity index (χ4n) is 2.41. The van der Waals surface area contributed by atoms with Gasteiger partial charge in [0.1, 0.15) is 5.82 Å². The van der Waals surface area contributed by atoms with Gasteiger partial charge in [-0.2, -0.15) is 0 Å². The summed E-state index contributed by atoms with van der Waals surface area (Å²) in [6, 6.07) is 12.9. The highest BCUT2D eigenvalue weighted by Crippen LogP contribution is 2.28. The van der Waals surface area contributed by atoms with Crippen LogP contribution >= 0.6 is 15.9 Å². The van der Waals surface area contributed by atoms with E-state index in [-0.39, 0.29) is 11.9 Å². The van der Waals surface area contributed by atoms with Crippen LogP contribution < -0.4 is 5.32 Å². The molecule has 3 aromatic rings. The molecule has 1 heterocycles. The molecule has 4 heteroatoms. The van der Waals surface area contributed by atoms with Gasteiger partial charge in [0.25, 0.3) is 0 Å². The fourth-order valence-corrected chi connectivity index (χ4v) is 2.75. The Morgan fingerprint density at radius 2 is 2.05 bits per heavy atom. The van der Waals surface area contributed by atoms with Crippen molar-refractivity contribution < 1.29 is 4.39 Å². The number of anilines is 1. The van der Waals surface area contributed by atoms with E-state index in [1.807, 2.05) is 43.5 Å². The molecule has 0 saturated heterocycles. The monoisotopic (exact) mass is 344 g/mol. The number of rotatable bonds is 3. The zero-order valence-electron chi connectivity index (χ0n) is 11.5. The van der Waals surface area contributed by atoms with Crippen LogP contribution in [0.5, 0.6) is 0 Å². The summed E-state index contributed by atoms with van der Waals surface area (Å²) in [4.78, 5) is 4.12. The van der Waals surface area contributed by atoms with E-state index in [0.717, 1.165) is 20.9 Å². The predicted molar refractivity (Wildman–Crippen MR) is 87.9 cm³/mol. The Morgan fingerprint density at radius 1 is 1.19 bits per heavy atom. The van der Waals surface area contributed by atoms with Gasteiger partial charge in [-0.25, -0.2) is 4.39 Å². The Balaban J connectivity index is 1.94. The van der Waals surface area contributed by atoms with Crippen LogP contribution in [0.2, 0.25) is 0 Å². The van der Waals surface area contributed by atoms with E-state index in [1.165, 1.54) is 6.07 Å². The maximum atomic E-state index is 14.0. The van der Waals surface area contributed by atoms with Crippen molar-refractivity contribution in [2.75, 3.05) is 5.32 Å². The van der Waals surface area contributed by atoms with Gasteiger partial charge >= 0.3 is 0 Å². The minimum atomic E-state index is -0.216. The van der Waals surface area contributed by atoms with Crippen LogP contribution in [-0.2, 0) is 0 Å². The van der Waals surface area contributed by atoms with Crippen molar-refractivity contribution in [2.24, 2.45) is 0 Å². The van der Waals surface area contributed by atoms with Gasteiger partial charge in [0.15, 0.2) is 0 Å². The molecule has 0 aliphatic heterocycles. The molecule has 1 unspecified atom stereocenters. The molecule has 2 aromatic carbocycles. The first kappa shape index (κ1) is 14.0. The van der Waals surface area contributed by atoms with E-state index in [2.05, 4.69) is 26.2 Å². The molecule has 0 fully saturated rings. The van der Waals surface area contributed by atoms with Crippen LogP contribution in [0.3, 0.4) is 0 Å². The average molecular weight is 345 g/mol. The van der Waals surface area contributed by atoms with E-state index < -0.39 is 0 Å². The molecule has 3 rings (SSSR count). The first-order chi connectivity index (χ1) is 10.1. The maximum absolute atomic E-state index is 14.0. The molecule has 0 bridgehead atoms. The molecule has 2 nitrogen and oxygen atoms in total. The van der Waals surface area contributed by atoms with Crippen LogP contribution in [0.1, 0.15) is 18.5 Å². The average Bonchev–Trinajstić information content (AvgIpc) is 2.47. The number of benzene rings is 2. The lowest BCUT2D eigenvalue weighted by Gasteiger charge is -2.18. The highest BCUT2D eigenvalue weighted by atomic mass is 79.9. The van der Waals surface area contributed by atoms with E-state index in [9.17, 15) is 4.39 Å². The molecule has 106 valence electrons. The molecule has 1 N–H and O–H groups in total. The number of hydrogen-bond acceptors (Lipinski definition) is 2. The number of nitrogens with one attached hydrogen (secondary N) is 1. The summed E-state index contributed by atoms with van der Waals surface area (Å²) in [6.45, 7) is 1.95. The minimum Gasteiger partial charge on any atom is -0.378 e. The molecule has 0 saturated carbocycles. The SMILES string of the molecule is CC(Nc1cccc2cnccc12)c1ccc(Br)cc1F. The Labute approximate surface area is 131 Å². The molecular formula is C17H14BrFN2. The van der Waals surface area contributed by atoms with Crippen LogP contribution in [0, 0.1) is 5.82 Å². The summed E-state index contributed by atoms with van der Waals surface area (Å²) in [5, 5.41) is 5.52. The van der Waals surface area contributed by atoms with Crippen molar-refractivity contribution in [3.63, 3.8) is 0 Å². The van der Waals surface area contributed by atoms with E-state index in [1.54, 1.807) is 12.3 Å². The third-order valence-electron chi connectivity index (χ3n) is 3.48. The second-order valence-corrected chi connectivity index (χ2v) is 5.85. The lowest BCUT2D eigenvalue weighted by atomic mass is 10.1.